The number of rotatable bonds is 11. The maximum Gasteiger partial charge on any atom is 0.320 e. The number of hydrogen-bond acceptors (Lipinski definition) is 2. The Labute approximate surface area is 112 Å². The minimum absolute atomic E-state index is 0.185. The largest absolute Gasteiger partial charge is 0.480 e. The lowest BCUT2D eigenvalue weighted by Gasteiger charge is -2.24. The Bertz CT molecular complexity index is 219. The molecule has 0 fully saturated rings. The van der Waals surface area contributed by atoms with Crippen LogP contribution in [-0.4, -0.2) is 23.2 Å². The van der Waals surface area contributed by atoms with E-state index in [1.54, 1.807) is 0 Å². The van der Waals surface area contributed by atoms with Gasteiger partial charge in [-0.05, 0) is 19.3 Å². The Balaban J connectivity index is 3.88. The molecule has 0 aliphatic carbocycles. The highest BCUT2D eigenvalue weighted by Gasteiger charge is 2.24. The van der Waals surface area contributed by atoms with Crippen LogP contribution >= 0.6 is 0 Å². The summed E-state index contributed by atoms with van der Waals surface area (Å²) in [6.07, 6.45) is 8.31. The molecule has 0 radical (unpaired) electrons. The molecule has 3 heteroatoms. The van der Waals surface area contributed by atoms with Crippen molar-refractivity contribution in [1.82, 2.24) is 5.32 Å². The SMILES string of the molecule is CCCCCCCC(C)N[C@H](C(=O)O)[C@@H](C)CC. The molecule has 0 bridgehead atoms. The molecule has 0 aromatic rings. The van der Waals surface area contributed by atoms with Crippen LogP contribution in [0.25, 0.3) is 0 Å². The van der Waals surface area contributed by atoms with Crippen LogP contribution in [0.3, 0.4) is 0 Å². The summed E-state index contributed by atoms with van der Waals surface area (Å²) in [5.41, 5.74) is 0. The predicted octanol–water partition coefficient (Wildman–Crippen LogP) is 3.82. The van der Waals surface area contributed by atoms with Crippen LogP contribution < -0.4 is 5.32 Å². The summed E-state index contributed by atoms with van der Waals surface area (Å²) < 4.78 is 0. The average molecular weight is 257 g/mol. The van der Waals surface area contributed by atoms with E-state index in [2.05, 4.69) is 19.2 Å². The van der Waals surface area contributed by atoms with Gasteiger partial charge in [0.05, 0.1) is 0 Å². The second-order valence-corrected chi connectivity index (χ2v) is 5.47. The molecule has 18 heavy (non-hydrogen) atoms. The molecule has 0 aliphatic rings. The van der Waals surface area contributed by atoms with Crippen LogP contribution in [0.15, 0.2) is 0 Å². The van der Waals surface area contributed by atoms with E-state index in [1.807, 2.05) is 13.8 Å². The normalized spacial score (nSPS) is 16.2. The third-order valence-corrected chi connectivity index (χ3v) is 3.68. The van der Waals surface area contributed by atoms with E-state index in [9.17, 15) is 9.90 Å². The number of nitrogens with one attached hydrogen (secondary N) is 1. The van der Waals surface area contributed by atoms with Gasteiger partial charge >= 0.3 is 5.97 Å². The van der Waals surface area contributed by atoms with E-state index < -0.39 is 12.0 Å². The van der Waals surface area contributed by atoms with Gasteiger partial charge in [0.1, 0.15) is 6.04 Å². The Morgan fingerprint density at radius 3 is 2.22 bits per heavy atom. The maximum absolute atomic E-state index is 11.2. The summed E-state index contributed by atoms with van der Waals surface area (Å²) in [5, 5.41) is 12.5. The van der Waals surface area contributed by atoms with Crippen LogP contribution in [-0.2, 0) is 4.79 Å². The first-order valence-corrected chi connectivity index (χ1v) is 7.51. The second-order valence-electron chi connectivity index (χ2n) is 5.47. The zero-order chi connectivity index (χ0) is 14.0. The second kappa shape index (κ2) is 10.4. The summed E-state index contributed by atoms with van der Waals surface area (Å²) >= 11 is 0. The zero-order valence-electron chi connectivity index (χ0n) is 12.5. The molecule has 1 unspecified atom stereocenters. The Hall–Kier alpha value is -0.570. The number of carboxylic acids is 1. The molecular weight excluding hydrogens is 226 g/mol. The first-order valence-electron chi connectivity index (χ1n) is 7.51. The smallest absolute Gasteiger partial charge is 0.320 e. The van der Waals surface area contributed by atoms with Crippen molar-refractivity contribution in [3.63, 3.8) is 0 Å². The summed E-state index contributed by atoms with van der Waals surface area (Å²) in [5.74, 6) is -0.535. The van der Waals surface area contributed by atoms with Gasteiger partial charge in [0.2, 0.25) is 0 Å². The maximum atomic E-state index is 11.2. The topological polar surface area (TPSA) is 49.3 Å². The van der Waals surface area contributed by atoms with Crippen molar-refractivity contribution >= 4 is 5.97 Å². The average Bonchev–Trinajstić information content (AvgIpc) is 2.34. The van der Waals surface area contributed by atoms with Gasteiger partial charge in [0.15, 0.2) is 0 Å². The molecule has 0 aliphatic heterocycles. The quantitative estimate of drug-likeness (QED) is 0.553. The van der Waals surface area contributed by atoms with E-state index in [-0.39, 0.29) is 5.92 Å². The van der Waals surface area contributed by atoms with Gasteiger partial charge in [-0.2, -0.15) is 0 Å². The molecule has 0 saturated heterocycles. The monoisotopic (exact) mass is 257 g/mol. The Morgan fingerprint density at radius 2 is 1.72 bits per heavy atom. The molecule has 2 N–H and O–H groups in total. The lowest BCUT2D eigenvalue weighted by molar-refractivity contribution is -0.141. The highest BCUT2D eigenvalue weighted by molar-refractivity contribution is 5.73. The van der Waals surface area contributed by atoms with Crippen LogP contribution in [0, 0.1) is 5.92 Å². The molecule has 0 heterocycles. The van der Waals surface area contributed by atoms with Crippen LogP contribution in [0.4, 0.5) is 0 Å². The van der Waals surface area contributed by atoms with Crippen molar-refractivity contribution < 1.29 is 9.90 Å². The molecule has 0 aromatic carbocycles. The van der Waals surface area contributed by atoms with E-state index in [0.717, 1.165) is 12.8 Å². The lowest BCUT2D eigenvalue weighted by Crippen LogP contribution is -2.46. The predicted molar refractivity (Wildman–Crippen MR) is 76.9 cm³/mol. The molecule has 0 spiro atoms. The molecule has 3 nitrogen and oxygen atoms in total. The minimum Gasteiger partial charge on any atom is -0.480 e. The Kier molecular flexibility index (Phi) is 10.0. The molecule has 0 aromatic heterocycles. The van der Waals surface area contributed by atoms with Gasteiger partial charge in [-0.1, -0.05) is 59.3 Å². The van der Waals surface area contributed by atoms with Crippen LogP contribution in [0.1, 0.15) is 72.6 Å². The van der Waals surface area contributed by atoms with Crippen molar-refractivity contribution in [1.29, 1.82) is 0 Å². The number of unbranched alkanes of at least 4 members (excludes halogenated alkanes) is 4. The molecule has 0 amide bonds. The zero-order valence-corrected chi connectivity index (χ0v) is 12.5. The summed E-state index contributed by atoms with van der Waals surface area (Å²) in [6.45, 7) is 8.35. The van der Waals surface area contributed by atoms with Gasteiger partial charge in [0.25, 0.3) is 0 Å². The fourth-order valence-electron chi connectivity index (χ4n) is 2.16. The fourth-order valence-corrected chi connectivity index (χ4v) is 2.16. The lowest BCUT2D eigenvalue weighted by atomic mass is 9.97. The Morgan fingerprint density at radius 1 is 1.11 bits per heavy atom. The molecule has 0 saturated carbocycles. The van der Waals surface area contributed by atoms with Crippen molar-refractivity contribution in [2.45, 2.75) is 84.7 Å². The first-order chi connectivity index (χ1) is 8.52. The highest BCUT2D eigenvalue weighted by Crippen LogP contribution is 2.12. The third kappa shape index (κ3) is 7.70. The van der Waals surface area contributed by atoms with E-state index in [1.165, 1.54) is 32.1 Å². The number of hydrogen-bond donors (Lipinski definition) is 2. The number of carbonyl (C=O) groups is 1. The van der Waals surface area contributed by atoms with Gasteiger partial charge in [-0.15, -0.1) is 0 Å². The van der Waals surface area contributed by atoms with Crippen molar-refractivity contribution in [2.24, 2.45) is 5.92 Å². The van der Waals surface area contributed by atoms with Gasteiger partial charge in [-0.3, -0.25) is 4.79 Å². The summed E-state index contributed by atoms with van der Waals surface area (Å²) in [4.78, 5) is 11.2. The third-order valence-electron chi connectivity index (χ3n) is 3.68. The van der Waals surface area contributed by atoms with Crippen LogP contribution in [0.2, 0.25) is 0 Å². The first kappa shape index (κ1) is 17.4. The van der Waals surface area contributed by atoms with Crippen molar-refractivity contribution in [3.8, 4) is 0 Å². The van der Waals surface area contributed by atoms with E-state index >= 15 is 0 Å². The number of carboxylic acid groups (broad SMARTS) is 1. The number of aliphatic carboxylic acids is 1. The molecule has 0 rings (SSSR count). The van der Waals surface area contributed by atoms with Gasteiger partial charge in [-0.25, -0.2) is 0 Å². The standard InChI is InChI=1S/C15H31NO2/c1-5-7-8-9-10-11-13(4)16-14(15(17)18)12(3)6-2/h12-14,16H,5-11H2,1-4H3,(H,17,18)/t12-,13?,14-/m0/s1. The highest BCUT2D eigenvalue weighted by atomic mass is 16.4. The minimum atomic E-state index is -0.720. The summed E-state index contributed by atoms with van der Waals surface area (Å²) in [7, 11) is 0. The summed E-state index contributed by atoms with van der Waals surface area (Å²) in [6, 6.07) is -0.109. The van der Waals surface area contributed by atoms with Crippen molar-refractivity contribution in [2.75, 3.05) is 0 Å². The van der Waals surface area contributed by atoms with Gasteiger partial charge in [0, 0.05) is 6.04 Å². The molecule has 108 valence electrons. The fraction of sp³-hybridized carbons (Fsp3) is 0.933. The molecule has 3 atom stereocenters. The van der Waals surface area contributed by atoms with Gasteiger partial charge < -0.3 is 10.4 Å². The van der Waals surface area contributed by atoms with E-state index in [0.29, 0.717) is 6.04 Å². The van der Waals surface area contributed by atoms with Crippen LogP contribution in [0.5, 0.6) is 0 Å². The van der Waals surface area contributed by atoms with E-state index in [4.69, 9.17) is 0 Å². The van der Waals surface area contributed by atoms with Crippen molar-refractivity contribution in [3.05, 3.63) is 0 Å². The molecular formula is C15H31NO2.